The lowest BCUT2D eigenvalue weighted by Gasteiger charge is -2.08. The molecule has 4 rings (SSSR count). The first-order valence-electron chi connectivity index (χ1n) is 8.36. The Balaban J connectivity index is 1.46. The molecule has 0 aliphatic heterocycles. The van der Waals surface area contributed by atoms with Gasteiger partial charge in [0.25, 0.3) is 5.56 Å². The normalized spacial score (nSPS) is 11.0. The van der Waals surface area contributed by atoms with Crippen molar-refractivity contribution >= 4 is 32.5 Å². The number of carbonyl (C=O) groups is 1. The summed E-state index contributed by atoms with van der Waals surface area (Å²) < 4.78 is 13.2. The quantitative estimate of drug-likeness (QED) is 0.497. The molecule has 136 valence electrons. The number of para-hydroxylation sites is 2. The van der Waals surface area contributed by atoms with Crippen LogP contribution in [0.1, 0.15) is 11.3 Å². The fourth-order valence-electron chi connectivity index (χ4n) is 2.75. The number of aryl methyl sites for hydroxylation is 1. The molecule has 2 aromatic carbocycles. The number of thiazole rings is 1. The molecule has 0 aliphatic carbocycles. The van der Waals surface area contributed by atoms with Crippen LogP contribution in [0.3, 0.4) is 0 Å². The van der Waals surface area contributed by atoms with Gasteiger partial charge in [0.05, 0.1) is 15.9 Å². The van der Waals surface area contributed by atoms with Gasteiger partial charge in [0.15, 0.2) is 11.6 Å². The van der Waals surface area contributed by atoms with E-state index in [1.54, 1.807) is 10.5 Å². The molecule has 0 bridgehead atoms. The van der Waals surface area contributed by atoms with Gasteiger partial charge in [0.1, 0.15) is 12.4 Å². The number of hydrogen-bond donors (Lipinski definition) is 0. The zero-order valence-corrected chi connectivity index (χ0v) is 15.4. The Morgan fingerprint density at radius 1 is 1.15 bits per heavy atom. The number of carbonyl (C=O) groups excluding carboxylic acids is 1. The van der Waals surface area contributed by atoms with E-state index in [1.807, 2.05) is 49.4 Å². The fraction of sp³-hybridized carbons (Fsp3) is 0.150. The van der Waals surface area contributed by atoms with Gasteiger partial charge in [-0.15, -0.1) is 0 Å². The molecule has 2 aromatic heterocycles. The average Bonchev–Trinajstić information content (AvgIpc) is 3.04. The monoisotopic (exact) mass is 380 g/mol. The van der Waals surface area contributed by atoms with Crippen LogP contribution in [0.15, 0.2) is 59.4 Å². The Morgan fingerprint density at radius 3 is 2.78 bits per heavy atom. The Kier molecular flexibility index (Phi) is 4.60. The minimum atomic E-state index is -0.517. The molecule has 4 aromatic rings. The molecule has 0 fully saturated rings. The van der Waals surface area contributed by atoms with E-state index in [9.17, 15) is 9.59 Å². The lowest BCUT2D eigenvalue weighted by molar-refractivity contribution is -0.147. The molecular weight excluding hydrogens is 364 g/mol. The van der Waals surface area contributed by atoms with Crippen molar-refractivity contribution in [1.29, 1.82) is 0 Å². The van der Waals surface area contributed by atoms with E-state index >= 15 is 0 Å². The molecule has 0 aliphatic rings. The van der Waals surface area contributed by atoms with Gasteiger partial charge in [0.2, 0.25) is 0 Å². The molecule has 2 heterocycles. The van der Waals surface area contributed by atoms with Gasteiger partial charge in [0, 0.05) is 6.07 Å². The van der Waals surface area contributed by atoms with E-state index in [1.165, 1.54) is 17.4 Å². The number of esters is 1. The van der Waals surface area contributed by atoms with E-state index in [2.05, 4.69) is 4.98 Å². The standard InChI is InChI=1S/C20H16N2O4S/c1-13-6-2-4-8-16(13)25-12-19(24)26-11-14-10-18(23)22-15-7-3-5-9-17(15)27-20(22)21-14/h2-10H,11-12H2,1H3. The summed E-state index contributed by atoms with van der Waals surface area (Å²) >= 11 is 1.42. The first kappa shape index (κ1) is 17.2. The summed E-state index contributed by atoms with van der Waals surface area (Å²) in [5, 5.41) is 0. The van der Waals surface area contributed by atoms with Gasteiger partial charge in [-0.05, 0) is 30.7 Å². The SMILES string of the molecule is Cc1ccccc1OCC(=O)OCc1cc(=O)n2c(n1)sc1ccccc12. The van der Waals surface area contributed by atoms with Crippen molar-refractivity contribution in [2.75, 3.05) is 6.61 Å². The smallest absolute Gasteiger partial charge is 0.344 e. The number of hydrogen-bond acceptors (Lipinski definition) is 6. The Labute approximate surface area is 158 Å². The number of nitrogens with zero attached hydrogens (tertiary/aromatic N) is 2. The minimum Gasteiger partial charge on any atom is -0.482 e. The van der Waals surface area contributed by atoms with Crippen LogP contribution in [0.5, 0.6) is 5.75 Å². The Hall–Kier alpha value is -3.19. The second kappa shape index (κ2) is 7.20. The summed E-state index contributed by atoms with van der Waals surface area (Å²) in [6, 6.07) is 16.4. The van der Waals surface area contributed by atoms with E-state index in [0.717, 1.165) is 15.8 Å². The van der Waals surface area contributed by atoms with Crippen molar-refractivity contribution in [3.63, 3.8) is 0 Å². The number of ether oxygens (including phenoxy) is 2. The highest BCUT2D eigenvalue weighted by Crippen LogP contribution is 2.23. The zero-order valence-electron chi connectivity index (χ0n) is 14.5. The first-order valence-corrected chi connectivity index (χ1v) is 9.18. The molecule has 27 heavy (non-hydrogen) atoms. The molecule has 0 saturated carbocycles. The summed E-state index contributed by atoms with van der Waals surface area (Å²) in [7, 11) is 0. The van der Waals surface area contributed by atoms with Crippen molar-refractivity contribution in [3.05, 3.63) is 76.2 Å². The highest BCUT2D eigenvalue weighted by molar-refractivity contribution is 7.23. The van der Waals surface area contributed by atoms with Gasteiger partial charge >= 0.3 is 5.97 Å². The largest absolute Gasteiger partial charge is 0.482 e. The maximum Gasteiger partial charge on any atom is 0.344 e. The zero-order chi connectivity index (χ0) is 18.8. The predicted octanol–water partition coefficient (Wildman–Crippen LogP) is 3.34. The van der Waals surface area contributed by atoms with Crippen LogP contribution in [0.2, 0.25) is 0 Å². The van der Waals surface area contributed by atoms with Crippen LogP contribution in [-0.2, 0) is 16.1 Å². The predicted molar refractivity (Wildman–Crippen MR) is 103 cm³/mol. The molecule has 0 radical (unpaired) electrons. The van der Waals surface area contributed by atoms with Crippen molar-refractivity contribution in [2.24, 2.45) is 0 Å². The molecule has 0 amide bonds. The van der Waals surface area contributed by atoms with Crippen LogP contribution in [0.25, 0.3) is 15.2 Å². The number of benzene rings is 2. The topological polar surface area (TPSA) is 69.9 Å². The van der Waals surface area contributed by atoms with Crippen LogP contribution in [-0.4, -0.2) is 22.0 Å². The number of rotatable bonds is 5. The summed E-state index contributed by atoms with van der Waals surface area (Å²) in [5.41, 5.74) is 1.98. The van der Waals surface area contributed by atoms with Gasteiger partial charge in [-0.2, -0.15) is 0 Å². The maximum atomic E-state index is 12.4. The van der Waals surface area contributed by atoms with E-state index < -0.39 is 5.97 Å². The minimum absolute atomic E-state index is 0.0735. The molecular formula is C20H16N2O4S. The molecule has 7 heteroatoms. The molecule has 6 nitrogen and oxygen atoms in total. The highest BCUT2D eigenvalue weighted by atomic mass is 32.1. The van der Waals surface area contributed by atoms with Crippen molar-refractivity contribution < 1.29 is 14.3 Å². The van der Waals surface area contributed by atoms with Crippen LogP contribution in [0.4, 0.5) is 0 Å². The fourth-order valence-corrected chi connectivity index (χ4v) is 3.80. The lowest BCUT2D eigenvalue weighted by atomic mass is 10.2. The summed E-state index contributed by atoms with van der Waals surface area (Å²) in [6.07, 6.45) is 0. The number of fused-ring (bicyclic) bond motifs is 3. The lowest BCUT2D eigenvalue weighted by Crippen LogP contribution is -2.18. The van der Waals surface area contributed by atoms with Crippen molar-refractivity contribution in [1.82, 2.24) is 9.38 Å². The van der Waals surface area contributed by atoms with E-state index in [-0.39, 0.29) is 18.8 Å². The third kappa shape index (κ3) is 3.54. The average molecular weight is 380 g/mol. The van der Waals surface area contributed by atoms with Gasteiger partial charge in [-0.3, -0.25) is 9.20 Å². The van der Waals surface area contributed by atoms with Crippen LogP contribution < -0.4 is 10.3 Å². The summed E-state index contributed by atoms with van der Waals surface area (Å²) in [6.45, 7) is 1.63. The van der Waals surface area contributed by atoms with Crippen molar-refractivity contribution in [2.45, 2.75) is 13.5 Å². The van der Waals surface area contributed by atoms with Gasteiger partial charge in [-0.25, -0.2) is 9.78 Å². The third-order valence-electron chi connectivity index (χ3n) is 4.07. The van der Waals surface area contributed by atoms with Crippen molar-refractivity contribution in [3.8, 4) is 5.75 Å². The van der Waals surface area contributed by atoms with E-state index in [4.69, 9.17) is 9.47 Å². The van der Waals surface area contributed by atoms with E-state index in [0.29, 0.717) is 16.4 Å². The molecule has 0 saturated heterocycles. The second-order valence-corrected chi connectivity index (χ2v) is 7.00. The van der Waals surface area contributed by atoms with Crippen LogP contribution in [0, 0.1) is 6.92 Å². The Bertz CT molecular complexity index is 1200. The van der Waals surface area contributed by atoms with Gasteiger partial charge in [-0.1, -0.05) is 41.7 Å². The molecule has 0 unspecified atom stereocenters. The molecule has 0 atom stereocenters. The Morgan fingerprint density at radius 2 is 1.93 bits per heavy atom. The second-order valence-electron chi connectivity index (χ2n) is 5.99. The van der Waals surface area contributed by atoms with Crippen LogP contribution >= 0.6 is 11.3 Å². The third-order valence-corrected chi connectivity index (χ3v) is 5.09. The molecule has 0 spiro atoms. The van der Waals surface area contributed by atoms with Gasteiger partial charge < -0.3 is 9.47 Å². The first-order chi connectivity index (χ1) is 13.1. The highest BCUT2D eigenvalue weighted by Gasteiger charge is 2.11. The number of aromatic nitrogens is 2. The summed E-state index contributed by atoms with van der Waals surface area (Å²) in [4.78, 5) is 29.4. The molecule has 0 N–H and O–H groups in total. The maximum absolute atomic E-state index is 12.4. The summed E-state index contributed by atoms with van der Waals surface area (Å²) in [5.74, 6) is 0.120.